The number of benzene rings is 1. The van der Waals surface area contributed by atoms with E-state index in [0.29, 0.717) is 5.92 Å². The van der Waals surface area contributed by atoms with Crippen LogP contribution in [0.3, 0.4) is 0 Å². The first-order valence-electron chi connectivity index (χ1n) is 7.10. The summed E-state index contributed by atoms with van der Waals surface area (Å²) >= 11 is 0. The molecule has 19 heavy (non-hydrogen) atoms. The number of hydrogen-bond donors (Lipinski definition) is 2. The molecule has 0 saturated heterocycles. The van der Waals surface area contributed by atoms with Crippen molar-refractivity contribution in [3.05, 3.63) is 29.3 Å². The maximum Gasteiger partial charge on any atom is 0.120 e. The lowest BCUT2D eigenvalue weighted by atomic mass is 9.98. The summed E-state index contributed by atoms with van der Waals surface area (Å²) < 4.78 is 6.00. The van der Waals surface area contributed by atoms with Crippen LogP contribution in [0.15, 0.2) is 18.2 Å². The summed E-state index contributed by atoms with van der Waals surface area (Å²) in [6, 6.07) is 6.29. The molecule has 1 saturated carbocycles. The van der Waals surface area contributed by atoms with Gasteiger partial charge in [0.05, 0.1) is 6.61 Å². The van der Waals surface area contributed by atoms with Crippen molar-refractivity contribution in [3.8, 4) is 5.75 Å². The van der Waals surface area contributed by atoms with Crippen LogP contribution in [0.1, 0.15) is 50.2 Å². The van der Waals surface area contributed by atoms with Crippen LogP contribution in [0.4, 0.5) is 0 Å². The van der Waals surface area contributed by atoms with Crippen LogP contribution in [0.2, 0.25) is 0 Å². The first-order chi connectivity index (χ1) is 8.93. The Hall–Kier alpha value is -1.06. The highest BCUT2D eigenvalue weighted by Crippen LogP contribution is 2.31. The third kappa shape index (κ3) is 3.28. The lowest BCUT2D eigenvalue weighted by molar-refractivity contribution is 0.165. The van der Waals surface area contributed by atoms with Crippen LogP contribution in [-0.2, 0) is 0 Å². The average Bonchev–Trinajstić information content (AvgIpc) is 2.71. The van der Waals surface area contributed by atoms with Crippen LogP contribution >= 0.6 is 0 Å². The minimum absolute atomic E-state index is 0.0399. The largest absolute Gasteiger partial charge is 0.490 e. The molecule has 0 aliphatic heterocycles. The predicted molar refractivity (Wildman–Crippen MR) is 77.5 cm³/mol. The van der Waals surface area contributed by atoms with Crippen LogP contribution < -0.4 is 10.5 Å². The van der Waals surface area contributed by atoms with E-state index < -0.39 is 5.54 Å². The molecule has 106 valence electrons. The van der Waals surface area contributed by atoms with Gasteiger partial charge in [-0.25, -0.2) is 0 Å². The van der Waals surface area contributed by atoms with Gasteiger partial charge in [-0.1, -0.05) is 19.9 Å². The molecule has 1 aliphatic carbocycles. The van der Waals surface area contributed by atoms with E-state index in [0.717, 1.165) is 25.0 Å². The van der Waals surface area contributed by atoms with Crippen LogP contribution in [0, 0.1) is 6.92 Å². The fourth-order valence-electron chi connectivity index (χ4n) is 2.91. The number of ether oxygens (including phenoxy) is 1. The molecule has 2 unspecified atom stereocenters. The van der Waals surface area contributed by atoms with Crippen molar-refractivity contribution in [2.24, 2.45) is 5.73 Å². The number of hydrogen-bond acceptors (Lipinski definition) is 3. The molecule has 1 aromatic carbocycles. The van der Waals surface area contributed by atoms with E-state index in [1.165, 1.54) is 11.1 Å². The minimum atomic E-state index is -0.447. The quantitative estimate of drug-likeness (QED) is 0.878. The van der Waals surface area contributed by atoms with Crippen molar-refractivity contribution in [1.82, 2.24) is 0 Å². The topological polar surface area (TPSA) is 55.5 Å². The zero-order chi connectivity index (χ0) is 14.0. The Morgan fingerprint density at radius 2 is 2.21 bits per heavy atom. The van der Waals surface area contributed by atoms with E-state index >= 15 is 0 Å². The zero-order valence-corrected chi connectivity index (χ0v) is 12.1. The number of nitrogens with two attached hydrogens (primary N) is 1. The highest BCUT2D eigenvalue weighted by Gasteiger charge is 2.36. The first kappa shape index (κ1) is 14.4. The second kappa shape index (κ2) is 5.51. The number of aliphatic hydroxyl groups is 1. The Morgan fingerprint density at radius 3 is 2.74 bits per heavy atom. The summed E-state index contributed by atoms with van der Waals surface area (Å²) in [5, 5.41) is 9.27. The number of rotatable bonds is 4. The molecule has 3 nitrogen and oxygen atoms in total. The molecule has 1 aromatic rings. The number of aryl methyl sites for hydroxylation is 1. The van der Waals surface area contributed by atoms with Crippen molar-refractivity contribution in [2.45, 2.75) is 57.6 Å². The molecule has 0 radical (unpaired) electrons. The Labute approximate surface area is 115 Å². The zero-order valence-electron chi connectivity index (χ0n) is 12.1. The first-order valence-corrected chi connectivity index (χ1v) is 7.10. The van der Waals surface area contributed by atoms with Crippen molar-refractivity contribution < 1.29 is 9.84 Å². The van der Waals surface area contributed by atoms with E-state index in [4.69, 9.17) is 10.5 Å². The Kier molecular flexibility index (Phi) is 4.16. The highest BCUT2D eigenvalue weighted by atomic mass is 16.5. The van der Waals surface area contributed by atoms with Crippen molar-refractivity contribution in [3.63, 3.8) is 0 Å². The maximum atomic E-state index is 9.27. The van der Waals surface area contributed by atoms with E-state index in [2.05, 4.69) is 32.9 Å². The van der Waals surface area contributed by atoms with E-state index in [9.17, 15) is 5.11 Å². The Balaban J connectivity index is 2.03. The summed E-state index contributed by atoms with van der Waals surface area (Å²) in [4.78, 5) is 0. The molecule has 0 spiro atoms. The van der Waals surface area contributed by atoms with Crippen LogP contribution in [0.25, 0.3) is 0 Å². The third-order valence-corrected chi connectivity index (χ3v) is 4.08. The highest BCUT2D eigenvalue weighted by molar-refractivity contribution is 5.36. The van der Waals surface area contributed by atoms with Crippen LogP contribution in [0.5, 0.6) is 5.75 Å². The summed E-state index contributed by atoms with van der Waals surface area (Å²) in [5.41, 5.74) is 8.25. The molecule has 0 amide bonds. The second-order valence-electron chi connectivity index (χ2n) is 6.18. The summed E-state index contributed by atoms with van der Waals surface area (Å²) in [6.07, 6.45) is 2.61. The summed E-state index contributed by atoms with van der Waals surface area (Å²) in [7, 11) is 0. The normalized spacial score (nSPS) is 26.9. The molecular weight excluding hydrogens is 238 g/mol. The van der Waals surface area contributed by atoms with Gasteiger partial charge in [-0.2, -0.15) is 0 Å². The minimum Gasteiger partial charge on any atom is -0.490 e. The van der Waals surface area contributed by atoms with E-state index in [-0.39, 0.29) is 12.7 Å². The number of aliphatic hydroxyl groups excluding tert-OH is 1. The van der Waals surface area contributed by atoms with E-state index in [1.807, 2.05) is 6.07 Å². The van der Waals surface area contributed by atoms with Crippen molar-refractivity contribution in [2.75, 3.05) is 6.61 Å². The van der Waals surface area contributed by atoms with Crippen LogP contribution in [-0.4, -0.2) is 23.4 Å². The molecule has 2 atom stereocenters. The van der Waals surface area contributed by atoms with Gasteiger partial charge in [0, 0.05) is 12.0 Å². The second-order valence-corrected chi connectivity index (χ2v) is 6.18. The predicted octanol–water partition coefficient (Wildman–Crippen LogP) is 2.74. The van der Waals surface area contributed by atoms with Gasteiger partial charge in [-0.15, -0.1) is 0 Å². The van der Waals surface area contributed by atoms with Crippen molar-refractivity contribution >= 4 is 0 Å². The molecule has 3 N–H and O–H groups in total. The van der Waals surface area contributed by atoms with Gasteiger partial charge in [0.1, 0.15) is 11.9 Å². The molecule has 2 rings (SSSR count). The molecule has 0 bridgehead atoms. The Bertz CT molecular complexity index is 444. The van der Waals surface area contributed by atoms with Gasteiger partial charge < -0.3 is 15.6 Å². The standard InChI is InChI=1S/C16H25NO2/c1-11(2)15-5-4-13(8-12(15)3)19-14-6-7-16(17,9-14)10-18/h4-5,8,11,14,18H,6-7,9-10,17H2,1-3H3. The average molecular weight is 263 g/mol. The monoisotopic (exact) mass is 263 g/mol. The molecular formula is C16H25NO2. The molecule has 3 heteroatoms. The van der Waals surface area contributed by atoms with Gasteiger partial charge in [0.2, 0.25) is 0 Å². The smallest absolute Gasteiger partial charge is 0.120 e. The fourth-order valence-corrected chi connectivity index (χ4v) is 2.91. The summed E-state index contributed by atoms with van der Waals surface area (Å²) in [6.45, 7) is 6.56. The van der Waals surface area contributed by atoms with Gasteiger partial charge >= 0.3 is 0 Å². The van der Waals surface area contributed by atoms with Gasteiger partial charge in [-0.3, -0.25) is 0 Å². The summed E-state index contributed by atoms with van der Waals surface area (Å²) in [5.74, 6) is 1.45. The molecule has 1 aliphatic rings. The lowest BCUT2D eigenvalue weighted by Crippen LogP contribution is -2.41. The molecule has 1 fully saturated rings. The van der Waals surface area contributed by atoms with Gasteiger partial charge in [0.25, 0.3) is 0 Å². The van der Waals surface area contributed by atoms with Crippen molar-refractivity contribution in [1.29, 1.82) is 0 Å². The molecule has 0 aromatic heterocycles. The SMILES string of the molecule is Cc1cc(OC2CCC(N)(CO)C2)ccc1C(C)C. The van der Waals surface area contributed by atoms with Gasteiger partial charge in [0.15, 0.2) is 0 Å². The third-order valence-electron chi connectivity index (χ3n) is 4.08. The fraction of sp³-hybridized carbons (Fsp3) is 0.625. The Morgan fingerprint density at radius 1 is 1.47 bits per heavy atom. The molecule has 0 heterocycles. The van der Waals surface area contributed by atoms with Gasteiger partial charge in [-0.05, 0) is 48.9 Å². The van der Waals surface area contributed by atoms with E-state index in [1.54, 1.807) is 0 Å². The maximum absolute atomic E-state index is 9.27. The lowest BCUT2D eigenvalue weighted by Gasteiger charge is -2.21.